The van der Waals surface area contributed by atoms with E-state index in [1.54, 1.807) is 18.2 Å². The largest absolute Gasteiger partial charge is 0.493 e. The number of benzene rings is 1. The molecule has 0 radical (unpaired) electrons. The molecule has 1 fully saturated rings. The number of carbonyl (C=O) groups is 1. The zero-order valence-electron chi connectivity index (χ0n) is 15.3. The maximum Gasteiger partial charge on any atom is 0.337 e. The first kappa shape index (κ1) is 19.5. The Hall–Kier alpha value is -1.79. The Bertz CT molecular complexity index is 563. The fourth-order valence-electron chi connectivity index (χ4n) is 3.18. The molecule has 0 spiro atoms. The fraction of sp³-hybridized carbons (Fsp3) is 0.632. The molecule has 1 saturated carbocycles. The third-order valence-electron chi connectivity index (χ3n) is 4.74. The molecule has 0 saturated heterocycles. The van der Waals surface area contributed by atoms with E-state index in [1.165, 1.54) is 33.5 Å². The first-order valence-electron chi connectivity index (χ1n) is 8.85. The van der Waals surface area contributed by atoms with Crippen LogP contribution in [0.25, 0.3) is 0 Å². The number of aliphatic hydroxyl groups excluding tert-OH is 1. The Morgan fingerprint density at radius 1 is 1.28 bits per heavy atom. The normalized spacial score (nSPS) is 21.4. The van der Waals surface area contributed by atoms with E-state index in [1.807, 2.05) is 0 Å². The van der Waals surface area contributed by atoms with E-state index in [2.05, 4.69) is 17.0 Å². The lowest BCUT2D eigenvalue weighted by Crippen LogP contribution is -2.42. The summed E-state index contributed by atoms with van der Waals surface area (Å²) >= 11 is 0. The lowest BCUT2D eigenvalue weighted by Gasteiger charge is -2.30. The Morgan fingerprint density at radius 3 is 2.72 bits per heavy atom. The minimum Gasteiger partial charge on any atom is -0.493 e. The lowest BCUT2D eigenvalue weighted by atomic mass is 9.86. The minimum atomic E-state index is -0.612. The molecule has 0 bridgehead atoms. The zero-order valence-corrected chi connectivity index (χ0v) is 15.3. The third kappa shape index (κ3) is 5.61. The Labute approximate surface area is 149 Å². The summed E-state index contributed by atoms with van der Waals surface area (Å²) in [5, 5.41) is 13.6. The van der Waals surface area contributed by atoms with Crippen molar-refractivity contribution in [1.82, 2.24) is 5.32 Å². The van der Waals surface area contributed by atoms with Gasteiger partial charge in [0, 0.05) is 12.6 Å². The van der Waals surface area contributed by atoms with Crippen molar-refractivity contribution in [3.05, 3.63) is 23.8 Å². The summed E-state index contributed by atoms with van der Waals surface area (Å²) in [6, 6.07) is 5.29. The summed E-state index contributed by atoms with van der Waals surface area (Å²) < 4.78 is 15.6. The van der Waals surface area contributed by atoms with Gasteiger partial charge in [0.25, 0.3) is 0 Å². The number of esters is 1. The Balaban J connectivity index is 1.84. The van der Waals surface area contributed by atoms with Gasteiger partial charge in [0.1, 0.15) is 12.7 Å². The number of carbonyl (C=O) groups excluding carboxylic acids is 1. The second-order valence-electron chi connectivity index (χ2n) is 6.60. The highest BCUT2D eigenvalue weighted by Crippen LogP contribution is 2.28. The minimum absolute atomic E-state index is 0.155. The van der Waals surface area contributed by atoms with E-state index >= 15 is 0 Å². The molecule has 1 aliphatic rings. The van der Waals surface area contributed by atoms with Gasteiger partial charge in [0.05, 0.1) is 19.8 Å². The fourth-order valence-corrected chi connectivity index (χ4v) is 3.18. The predicted octanol–water partition coefficient (Wildman–Crippen LogP) is 2.39. The van der Waals surface area contributed by atoms with Crippen LogP contribution >= 0.6 is 0 Å². The van der Waals surface area contributed by atoms with Crippen LogP contribution in [0.5, 0.6) is 11.5 Å². The van der Waals surface area contributed by atoms with Crippen LogP contribution in [0.1, 0.15) is 43.0 Å². The van der Waals surface area contributed by atoms with Crippen molar-refractivity contribution in [2.75, 3.05) is 27.4 Å². The molecule has 1 aliphatic carbocycles. The molecule has 0 heterocycles. The summed E-state index contributed by atoms with van der Waals surface area (Å²) in [7, 11) is 2.83. The van der Waals surface area contributed by atoms with Gasteiger partial charge >= 0.3 is 5.97 Å². The molecule has 2 N–H and O–H groups in total. The van der Waals surface area contributed by atoms with Crippen molar-refractivity contribution in [2.45, 2.75) is 44.8 Å². The van der Waals surface area contributed by atoms with Gasteiger partial charge in [0.2, 0.25) is 0 Å². The van der Waals surface area contributed by atoms with Crippen LogP contribution in [0.15, 0.2) is 18.2 Å². The van der Waals surface area contributed by atoms with Gasteiger partial charge in [-0.15, -0.1) is 0 Å². The van der Waals surface area contributed by atoms with Gasteiger partial charge in [0.15, 0.2) is 11.5 Å². The average molecular weight is 351 g/mol. The number of aliphatic hydroxyl groups is 1. The summed E-state index contributed by atoms with van der Waals surface area (Å²) in [5.41, 5.74) is 0.389. The van der Waals surface area contributed by atoms with Crippen molar-refractivity contribution in [3.63, 3.8) is 0 Å². The number of hydrogen-bond acceptors (Lipinski definition) is 6. The molecule has 25 heavy (non-hydrogen) atoms. The number of hydrogen-bond donors (Lipinski definition) is 2. The lowest BCUT2D eigenvalue weighted by molar-refractivity contribution is 0.0600. The average Bonchev–Trinajstić information content (AvgIpc) is 2.64. The van der Waals surface area contributed by atoms with E-state index in [0.29, 0.717) is 35.6 Å². The summed E-state index contributed by atoms with van der Waals surface area (Å²) in [4.78, 5) is 11.6. The molecule has 6 heteroatoms. The van der Waals surface area contributed by atoms with Crippen molar-refractivity contribution in [1.29, 1.82) is 0 Å². The molecule has 0 aromatic heterocycles. The van der Waals surface area contributed by atoms with Crippen molar-refractivity contribution in [3.8, 4) is 11.5 Å². The second kappa shape index (κ2) is 9.63. The van der Waals surface area contributed by atoms with Gasteiger partial charge in [-0.1, -0.05) is 19.8 Å². The quantitative estimate of drug-likeness (QED) is 0.701. The summed E-state index contributed by atoms with van der Waals surface area (Å²) in [5.74, 6) is 1.13. The molecule has 3 atom stereocenters. The van der Waals surface area contributed by atoms with E-state index in [0.717, 1.165) is 6.42 Å². The van der Waals surface area contributed by atoms with Crippen molar-refractivity contribution in [2.24, 2.45) is 5.92 Å². The summed E-state index contributed by atoms with van der Waals surface area (Å²) in [6.07, 6.45) is 4.34. The van der Waals surface area contributed by atoms with Crippen molar-refractivity contribution < 1.29 is 24.1 Å². The Morgan fingerprint density at radius 2 is 2.04 bits per heavy atom. The van der Waals surface area contributed by atoms with E-state index in [-0.39, 0.29) is 6.61 Å². The standard InChI is InChI=1S/C19H29NO5/c1-13-6-4-5-7-16(13)20-11-15(21)12-25-17-9-8-14(19(22)24-3)10-18(17)23-2/h8-10,13,15-16,20-21H,4-7,11-12H2,1-3H3/t13-,15-,16-/m1/s1. The molecule has 6 nitrogen and oxygen atoms in total. The van der Waals surface area contributed by atoms with Crippen LogP contribution in [-0.2, 0) is 4.74 Å². The highest BCUT2D eigenvalue weighted by atomic mass is 16.5. The molecule has 0 amide bonds. The molecule has 1 aromatic carbocycles. The molecule has 140 valence electrons. The highest BCUT2D eigenvalue weighted by molar-refractivity contribution is 5.90. The number of rotatable bonds is 8. The van der Waals surface area contributed by atoms with Gasteiger partial charge in [-0.05, 0) is 37.0 Å². The molecular weight excluding hydrogens is 322 g/mol. The smallest absolute Gasteiger partial charge is 0.337 e. The molecule has 2 rings (SSSR count). The number of nitrogens with one attached hydrogen (secondary N) is 1. The maximum atomic E-state index is 11.6. The molecule has 0 aliphatic heterocycles. The van der Waals surface area contributed by atoms with Gasteiger partial charge < -0.3 is 24.6 Å². The predicted molar refractivity (Wildman–Crippen MR) is 95.3 cm³/mol. The van der Waals surface area contributed by atoms with E-state index in [9.17, 15) is 9.90 Å². The molecular formula is C19H29NO5. The molecule has 0 unspecified atom stereocenters. The van der Waals surface area contributed by atoms with Crippen molar-refractivity contribution >= 4 is 5.97 Å². The van der Waals surface area contributed by atoms with Crippen LogP contribution in [0.4, 0.5) is 0 Å². The molecule has 1 aromatic rings. The van der Waals surface area contributed by atoms with Gasteiger partial charge in [-0.2, -0.15) is 0 Å². The van der Waals surface area contributed by atoms with E-state index < -0.39 is 12.1 Å². The van der Waals surface area contributed by atoms with E-state index in [4.69, 9.17) is 9.47 Å². The highest BCUT2D eigenvalue weighted by Gasteiger charge is 2.21. The number of ether oxygens (including phenoxy) is 3. The van der Waals surface area contributed by atoms with Crippen LogP contribution in [0.2, 0.25) is 0 Å². The summed E-state index contributed by atoms with van der Waals surface area (Å²) in [6.45, 7) is 2.91. The Kier molecular flexibility index (Phi) is 7.52. The number of methoxy groups -OCH3 is 2. The second-order valence-corrected chi connectivity index (χ2v) is 6.60. The van der Waals surface area contributed by atoms with Crippen LogP contribution in [0.3, 0.4) is 0 Å². The zero-order chi connectivity index (χ0) is 18.2. The monoisotopic (exact) mass is 351 g/mol. The first-order chi connectivity index (χ1) is 12.0. The van der Waals surface area contributed by atoms with Gasteiger partial charge in [-0.3, -0.25) is 0 Å². The topological polar surface area (TPSA) is 77.0 Å². The van der Waals surface area contributed by atoms with Crippen LogP contribution < -0.4 is 14.8 Å². The van der Waals surface area contributed by atoms with Crippen LogP contribution in [0, 0.1) is 5.92 Å². The third-order valence-corrected chi connectivity index (χ3v) is 4.74. The SMILES string of the molecule is COC(=O)c1ccc(OC[C@H](O)CN[C@@H]2CCCC[C@H]2C)c(OC)c1. The maximum absolute atomic E-state index is 11.6. The first-order valence-corrected chi connectivity index (χ1v) is 8.85. The van der Waals surface area contributed by atoms with Crippen LogP contribution in [-0.4, -0.2) is 50.6 Å². The van der Waals surface area contributed by atoms with Gasteiger partial charge in [-0.25, -0.2) is 4.79 Å².